The lowest BCUT2D eigenvalue weighted by Gasteiger charge is -2.31. The molecule has 0 spiro atoms. The molecule has 1 saturated heterocycles. The molecule has 2 heterocycles. The summed E-state index contributed by atoms with van der Waals surface area (Å²) in [4.78, 5) is 3.90. The first kappa shape index (κ1) is 15.4. The van der Waals surface area contributed by atoms with Crippen molar-refractivity contribution in [2.45, 2.75) is 26.3 Å². The van der Waals surface area contributed by atoms with Crippen molar-refractivity contribution in [1.82, 2.24) is 29.5 Å². The largest absolute Gasteiger partial charge is 0.317 e. The number of H-pyrrole nitrogens is 1. The van der Waals surface area contributed by atoms with Crippen molar-refractivity contribution < 1.29 is 8.42 Å². The van der Waals surface area contributed by atoms with Crippen LogP contribution < -0.4 is 10.0 Å². The standard InChI is InChI=1S/C11H22N6O2S/c1-2-12-6-10-4-3-5-17(8-10)20(18,19)15-7-11-13-9-14-16-11/h9-10,12,15H,2-8H2,1H3,(H,13,14,16). The van der Waals surface area contributed by atoms with Gasteiger partial charge < -0.3 is 5.32 Å². The molecule has 1 atom stereocenters. The predicted molar refractivity (Wildman–Crippen MR) is 75.0 cm³/mol. The van der Waals surface area contributed by atoms with E-state index in [1.54, 1.807) is 0 Å². The Morgan fingerprint density at radius 1 is 1.55 bits per heavy atom. The molecule has 1 fully saturated rings. The fourth-order valence-electron chi connectivity index (χ4n) is 2.33. The van der Waals surface area contributed by atoms with Crippen molar-refractivity contribution >= 4 is 10.2 Å². The summed E-state index contributed by atoms with van der Waals surface area (Å²) < 4.78 is 28.5. The third-order valence-electron chi connectivity index (χ3n) is 3.39. The van der Waals surface area contributed by atoms with Crippen LogP contribution in [0.3, 0.4) is 0 Å². The van der Waals surface area contributed by atoms with Crippen molar-refractivity contribution in [1.29, 1.82) is 0 Å². The van der Waals surface area contributed by atoms with Crippen molar-refractivity contribution in [3.63, 3.8) is 0 Å². The van der Waals surface area contributed by atoms with Crippen LogP contribution in [0.25, 0.3) is 0 Å². The van der Waals surface area contributed by atoms with Crippen LogP contribution >= 0.6 is 0 Å². The summed E-state index contributed by atoms with van der Waals surface area (Å²) >= 11 is 0. The minimum Gasteiger partial charge on any atom is -0.317 e. The van der Waals surface area contributed by atoms with E-state index in [4.69, 9.17) is 0 Å². The molecule has 3 N–H and O–H groups in total. The molecular weight excluding hydrogens is 280 g/mol. The second-order valence-corrected chi connectivity index (χ2v) is 6.69. The summed E-state index contributed by atoms with van der Waals surface area (Å²) in [7, 11) is -3.45. The molecule has 0 amide bonds. The van der Waals surface area contributed by atoms with Gasteiger partial charge in [-0.3, -0.25) is 5.10 Å². The van der Waals surface area contributed by atoms with Crippen molar-refractivity contribution in [2.75, 3.05) is 26.2 Å². The Bertz CT molecular complexity index is 489. The van der Waals surface area contributed by atoms with Crippen LogP contribution in [0.4, 0.5) is 0 Å². The summed E-state index contributed by atoms with van der Waals surface area (Å²) in [5.41, 5.74) is 0. The lowest BCUT2D eigenvalue weighted by atomic mass is 10.00. The fourth-order valence-corrected chi connectivity index (χ4v) is 3.61. The van der Waals surface area contributed by atoms with Crippen molar-refractivity contribution in [2.24, 2.45) is 5.92 Å². The van der Waals surface area contributed by atoms with E-state index in [1.165, 1.54) is 10.6 Å². The highest BCUT2D eigenvalue weighted by Gasteiger charge is 2.28. The van der Waals surface area contributed by atoms with E-state index in [0.29, 0.717) is 24.8 Å². The number of piperidine rings is 1. The molecule has 0 aliphatic carbocycles. The Hall–Kier alpha value is -1.03. The van der Waals surface area contributed by atoms with Crippen LogP contribution in [0.2, 0.25) is 0 Å². The molecule has 1 aromatic rings. The number of nitrogens with zero attached hydrogens (tertiary/aromatic N) is 3. The molecule has 0 bridgehead atoms. The van der Waals surface area contributed by atoms with Gasteiger partial charge in [-0.05, 0) is 31.8 Å². The minimum atomic E-state index is -3.45. The molecule has 0 radical (unpaired) electrons. The van der Waals surface area contributed by atoms with E-state index in [-0.39, 0.29) is 6.54 Å². The molecule has 9 heteroatoms. The highest BCUT2D eigenvalue weighted by Crippen LogP contribution is 2.18. The Kier molecular flexibility index (Phi) is 5.46. The minimum absolute atomic E-state index is 0.136. The van der Waals surface area contributed by atoms with Crippen molar-refractivity contribution in [3.8, 4) is 0 Å². The van der Waals surface area contributed by atoms with Gasteiger partial charge in [-0.25, -0.2) is 4.98 Å². The number of hydrogen-bond acceptors (Lipinski definition) is 5. The molecule has 8 nitrogen and oxygen atoms in total. The van der Waals surface area contributed by atoms with E-state index < -0.39 is 10.2 Å². The highest BCUT2D eigenvalue weighted by molar-refractivity contribution is 7.87. The first-order valence-corrected chi connectivity index (χ1v) is 8.35. The van der Waals surface area contributed by atoms with Gasteiger partial charge in [0.2, 0.25) is 0 Å². The number of aromatic nitrogens is 3. The third-order valence-corrected chi connectivity index (χ3v) is 4.91. The van der Waals surface area contributed by atoms with E-state index in [9.17, 15) is 8.42 Å². The van der Waals surface area contributed by atoms with Crippen LogP contribution in [0.1, 0.15) is 25.6 Å². The Labute approximate surface area is 119 Å². The molecular formula is C11H22N6O2S. The maximum atomic E-state index is 12.2. The summed E-state index contributed by atoms with van der Waals surface area (Å²) in [6, 6.07) is 0. The number of rotatable bonds is 7. The van der Waals surface area contributed by atoms with Crippen LogP contribution in [0.5, 0.6) is 0 Å². The third kappa shape index (κ3) is 4.23. The van der Waals surface area contributed by atoms with Crippen LogP contribution in [-0.4, -0.2) is 54.1 Å². The van der Waals surface area contributed by atoms with Crippen LogP contribution in [0, 0.1) is 5.92 Å². The van der Waals surface area contributed by atoms with Gasteiger partial charge in [0.05, 0.1) is 6.54 Å². The second-order valence-electron chi connectivity index (χ2n) is 4.93. The molecule has 0 aromatic carbocycles. The number of hydrogen-bond donors (Lipinski definition) is 3. The average Bonchev–Trinajstić information content (AvgIpc) is 2.97. The highest BCUT2D eigenvalue weighted by atomic mass is 32.2. The fraction of sp³-hybridized carbons (Fsp3) is 0.818. The molecule has 0 saturated carbocycles. The molecule has 114 valence electrons. The van der Waals surface area contributed by atoms with E-state index in [0.717, 1.165) is 25.9 Å². The molecule has 1 aliphatic heterocycles. The SMILES string of the molecule is CCNCC1CCCN(S(=O)(=O)NCc2ncn[nH]2)C1. The van der Waals surface area contributed by atoms with Crippen molar-refractivity contribution in [3.05, 3.63) is 12.2 Å². The zero-order chi connectivity index (χ0) is 14.4. The Morgan fingerprint density at radius 2 is 2.40 bits per heavy atom. The zero-order valence-electron chi connectivity index (χ0n) is 11.7. The first-order valence-electron chi connectivity index (χ1n) is 6.91. The quantitative estimate of drug-likeness (QED) is 0.628. The van der Waals surface area contributed by atoms with Gasteiger partial charge in [0, 0.05) is 13.1 Å². The molecule has 2 rings (SSSR count). The van der Waals surface area contributed by atoms with E-state index >= 15 is 0 Å². The van der Waals surface area contributed by atoms with Crippen LogP contribution in [0.15, 0.2) is 6.33 Å². The van der Waals surface area contributed by atoms with Gasteiger partial charge in [-0.1, -0.05) is 6.92 Å². The first-order chi connectivity index (χ1) is 9.62. The van der Waals surface area contributed by atoms with Gasteiger partial charge in [0.1, 0.15) is 12.2 Å². The Morgan fingerprint density at radius 3 is 3.10 bits per heavy atom. The van der Waals surface area contributed by atoms with Gasteiger partial charge in [-0.15, -0.1) is 0 Å². The monoisotopic (exact) mass is 302 g/mol. The molecule has 1 aromatic heterocycles. The summed E-state index contributed by atoms with van der Waals surface area (Å²) in [6.07, 6.45) is 3.33. The smallest absolute Gasteiger partial charge is 0.279 e. The van der Waals surface area contributed by atoms with E-state index in [1.807, 2.05) is 0 Å². The topological polar surface area (TPSA) is 103 Å². The summed E-state index contributed by atoms with van der Waals surface area (Å²) in [6.45, 7) is 5.11. The maximum Gasteiger partial charge on any atom is 0.279 e. The average molecular weight is 302 g/mol. The second kappa shape index (κ2) is 7.11. The zero-order valence-corrected chi connectivity index (χ0v) is 12.5. The Balaban J connectivity index is 1.87. The van der Waals surface area contributed by atoms with Gasteiger partial charge in [0.15, 0.2) is 0 Å². The number of nitrogens with one attached hydrogen (secondary N) is 3. The van der Waals surface area contributed by atoms with E-state index in [2.05, 4.69) is 32.1 Å². The normalized spacial score (nSPS) is 21.1. The lowest BCUT2D eigenvalue weighted by Crippen LogP contribution is -2.47. The number of aromatic amines is 1. The molecule has 1 unspecified atom stereocenters. The lowest BCUT2D eigenvalue weighted by molar-refractivity contribution is 0.258. The summed E-state index contributed by atoms with van der Waals surface area (Å²) in [5.74, 6) is 0.889. The molecule has 20 heavy (non-hydrogen) atoms. The van der Waals surface area contributed by atoms with Crippen LogP contribution in [-0.2, 0) is 16.8 Å². The van der Waals surface area contributed by atoms with Gasteiger partial charge in [0.25, 0.3) is 10.2 Å². The summed E-state index contributed by atoms with van der Waals surface area (Å²) in [5, 5.41) is 9.60. The van der Waals surface area contributed by atoms with Gasteiger partial charge in [-0.2, -0.15) is 22.5 Å². The molecule has 1 aliphatic rings. The van der Waals surface area contributed by atoms with Gasteiger partial charge >= 0.3 is 0 Å². The predicted octanol–water partition coefficient (Wildman–Crippen LogP) is -0.539. The maximum absolute atomic E-state index is 12.2.